The lowest BCUT2D eigenvalue weighted by molar-refractivity contribution is 0.335. The minimum Gasteiger partial charge on any atom is -0.496 e. The van der Waals surface area contributed by atoms with Gasteiger partial charge in [0, 0.05) is 51.5 Å². The number of rotatable bonds is 2. The van der Waals surface area contributed by atoms with Crippen molar-refractivity contribution in [2.45, 2.75) is 26.7 Å². The van der Waals surface area contributed by atoms with Crippen molar-refractivity contribution in [3.05, 3.63) is 51.6 Å². The quantitative estimate of drug-likeness (QED) is 0.662. The highest BCUT2D eigenvalue weighted by molar-refractivity contribution is 5.99. The first-order chi connectivity index (χ1) is 12.0. The highest BCUT2D eigenvalue weighted by Crippen LogP contribution is 2.44. The van der Waals surface area contributed by atoms with Crippen LogP contribution in [-0.4, -0.2) is 18.7 Å². The first kappa shape index (κ1) is 15.7. The van der Waals surface area contributed by atoms with Gasteiger partial charge in [0.2, 0.25) is 0 Å². The van der Waals surface area contributed by atoms with Crippen molar-refractivity contribution in [1.29, 1.82) is 0 Å². The molecular weight excluding hydrogens is 318 g/mol. The number of nitrogens with zero attached hydrogens (tertiary/aromatic N) is 1. The van der Waals surface area contributed by atoms with Crippen LogP contribution in [0.5, 0.6) is 11.5 Å². The fourth-order valence-corrected chi connectivity index (χ4v) is 3.55. The number of hydrogen-bond donors (Lipinski definition) is 0. The number of methoxy groups -OCH3 is 1. The second-order valence-electron chi connectivity index (χ2n) is 6.47. The van der Waals surface area contributed by atoms with E-state index in [1.165, 1.54) is 0 Å². The van der Waals surface area contributed by atoms with Crippen molar-refractivity contribution in [3.8, 4) is 22.6 Å². The van der Waals surface area contributed by atoms with Gasteiger partial charge in [-0.2, -0.15) is 0 Å². The molecule has 0 amide bonds. The van der Waals surface area contributed by atoms with Gasteiger partial charge in [-0.15, -0.1) is 0 Å². The Labute approximate surface area is 145 Å². The molecule has 0 saturated heterocycles. The van der Waals surface area contributed by atoms with Crippen LogP contribution in [0.2, 0.25) is 0 Å². The zero-order valence-corrected chi connectivity index (χ0v) is 14.7. The molecule has 0 N–H and O–H groups in total. The minimum atomic E-state index is -0.359. The summed E-state index contributed by atoms with van der Waals surface area (Å²) in [5.74, 6) is 1.80. The van der Waals surface area contributed by atoms with Gasteiger partial charge in [0.1, 0.15) is 17.1 Å². The second kappa shape index (κ2) is 5.62. The van der Waals surface area contributed by atoms with Crippen LogP contribution >= 0.6 is 0 Å². The lowest BCUT2D eigenvalue weighted by Gasteiger charge is -2.15. The molecule has 25 heavy (non-hydrogen) atoms. The fourth-order valence-electron chi connectivity index (χ4n) is 3.55. The third-order valence-corrected chi connectivity index (χ3v) is 4.91. The Morgan fingerprint density at radius 1 is 1.28 bits per heavy atom. The van der Waals surface area contributed by atoms with Crippen LogP contribution in [0.1, 0.15) is 29.5 Å². The van der Waals surface area contributed by atoms with Crippen LogP contribution in [-0.2, 0) is 0 Å². The smallest absolute Gasteiger partial charge is 0.339 e. The molecule has 5 heteroatoms. The van der Waals surface area contributed by atoms with Crippen LogP contribution in [0.25, 0.3) is 22.1 Å². The summed E-state index contributed by atoms with van der Waals surface area (Å²) in [7, 11) is 1.61. The molecule has 0 aliphatic carbocycles. The molecule has 128 valence electrons. The maximum Gasteiger partial charge on any atom is 0.339 e. The van der Waals surface area contributed by atoms with Gasteiger partial charge in [0.05, 0.1) is 13.7 Å². The Morgan fingerprint density at radius 3 is 2.84 bits per heavy atom. The van der Waals surface area contributed by atoms with E-state index in [0.29, 0.717) is 29.4 Å². The van der Waals surface area contributed by atoms with E-state index in [0.717, 1.165) is 33.4 Å². The minimum absolute atomic E-state index is 0.300. The normalized spacial score (nSPS) is 15.9. The van der Waals surface area contributed by atoms with Crippen LogP contribution in [0.3, 0.4) is 0 Å². The molecule has 0 bridgehead atoms. The maximum absolute atomic E-state index is 12.5. The summed E-state index contributed by atoms with van der Waals surface area (Å²) in [5, 5.41) is 0.886. The topological polar surface area (TPSA) is 61.6 Å². The molecule has 1 aliphatic heterocycles. The second-order valence-corrected chi connectivity index (χ2v) is 6.47. The third kappa shape index (κ3) is 2.22. The molecule has 1 unspecified atom stereocenters. The molecule has 5 nitrogen and oxygen atoms in total. The Kier molecular flexibility index (Phi) is 3.53. The van der Waals surface area contributed by atoms with Crippen LogP contribution < -0.4 is 15.1 Å². The highest BCUT2D eigenvalue weighted by Gasteiger charge is 2.27. The van der Waals surface area contributed by atoms with Crippen molar-refractivity contribution in [3.63, 3.8) is 0 Å². The summed E-state index contributed by atoms with van der Waals surface area (Å²) in [5.41, 5.74) is 4.34. The summed E-state index contributed by atoms with van der Waals surface area (Å²) in [4.78, 5) is 16.7. The van der Waals surface area contributed by atoms with E-state index >= 15 is 0 Å². The number of ether oxygens (including phenoxy) is 2. The molecule has 2 aromatic heterocycles. The average molecular weight is 337 g/mol. The molecule has 0 fully saturated rings. The van der Waals surface area contributed by atoms with E-state index in [1.807, 2.05) is 6.92 Å². The average Bonchev–Trinajstić information content (AvgIpc) is 2.99. The van der Waals surface area contributed by atoms with Gasteiger partial charge < -0.3 is 13.9 Å². The van der Waals surface area contributed by atoms with Crippen LogP contribution in [0.4, 0.5) is 0 Å². The van der Waals surface area contributed by atoms with E-state index in [1.54, 1.807) is 32.5 Å². The standard InChI is InChI=1S/C20H19NO4/c1-10-9-24-18-12(3)19-14(7-13(10)18)17(11(2)20(22)25-19)15-8-21-6-5-16(15)23-4/h5-8,10H,9H2,1-4H3. The first-order valence-corrected chi connectivity index (χ1v) is 8.25. The van der Waals surface area contributed by atoms with Crippen molar-refractivity contribution >= 4 is 11.0 Å². The molecule has 3 aromatic rings. The third-order valence-electron chi connectivity index (χ3n) is 4.91. The van der Waals surface area contributed by atoms with Gasteiger partial charge in [-0.1, -0.05) is 6.92 Å². The number of pyridine rings is 1. The van der Waals surface area contributed by atoms with E-state index < -0.39 is 0 Å². The van der Waals surface area contributed by atoms with Gasteiger partial charge in [-0.25, -0.2) is 4.79 Å². The van der Waals surface area contributed by atoms with E-state index in [2.05, 4.69) is 18.0 Å². The maximum atomic E-state index is 12.5. The summed E-state index contributed by atoms with van der Waals surface area (Å²) < 4.78 is 16.9. The number of hydrogen-bond acceptors (Lipinski definition) is 5. The highest BCUT2D eigenvalue weighted by atomic mass is 16.5. The monoisotopic (exact) mass is 337 g/mol. The Morgan fingerprint density at radius 2 is 2.08 bits per heavy atom. The zero-order valence-electron chi connectivity index (χ0n) is 14.7. The zero-order chi connectivity index (χ0) is 17.7. The SMILES string of the molecule is COc1ccncc1-c1c(C)c(=O)oc2c(C)c3c(cc12)C(C)CO3. The van der Waals surface area contributed by atoms with Gasteiger partial charge in [-0.3, -0.25) is 4.98 Å². The molecule has 1 atom stereocenters. The number of benzene rings is 1. The fraction of sp³-hybridized carbons (Fsp3) is 0.300. The molecule has 0 saturated carbocycles. The molecule has 1 aliphatic rings. The van der Waals surface area contributed by atoms with Crippen molar-refractivity contribution in [2.75, 3.05) is 13.7 Å². The summed E-state index contributed by atoms with van der Waals surface area (Å²) in [6, 6.07) is 3.87. The first-order valence-electron chi connectivity index (χ1n) is 8.25. The summed E-state index contributed by atoms with van der Waals surface area (Å²) >= 11 is 0. The van der Waals surface area contributed by atoms with Crippen molar-refractivity contribution in [2.24, 2.45) is 0 Å². The van der Waals surface area contributed by atoms with Gasteiger partial charge >= 0.3 is 5.63 Å². The van der Waals surface area contributed by atoms with Gasteiger partial charge in [-0.05, 0) is 26.0 Å². The Balaban J connectivity index is 2.17. The number of aryl methyl sites for hydroxylation is 1. The van der Waals surface area contributed by atoms with E-state index in [4.69, 9.17) is 13.9 Å². The lowest BCUT2D eigenvalue weighted by Crippen LogP contribution is -2.07. The van der Waals surface area contributed by atoms with E-state index in [-0.39, 0.29) is 5.63 Å². The molecular formula is C20H19NO4. The van der Waals surface area contributed by atoms with E-state index in [9.17, 15) is 4.79 Å². The molecule has 4 rings (SSSR count). The van der Waals surface area contributed by atoms with Crippen molar-refractivity contribution < 1.29 is 13.9 Å². The molecule has 0 spiro atoms. The summed E-state index contributed by atoms with van der Waals surface area (Å²) in [6.07, 6.45) is 3.40. The Hall–Kier alpha value is -2.82. The summed E-state index contributed by atoms with van der Waals surface area (Å²) in [6.45, 7) is 6.48. The number of aromatic nitrogens is 1. The van der Waals surface area contributed by atoms with Crippen molar-refractivity contribution in [1.82, 2.24) is 4.98 Å². The Bertz CT molecular complexity index is 1050. The predicted octanol–water partition coefficient (Wildman–Crippen LogP) is 3.98. The van der Waals surface area contributed by atoms with Gasteiger partial charge in [0.25, 0.3) is 0 Å². The molecule has 0 radical (unpaired) electrons. The van der Waals surface area contributed by atoms with Crippen LogP contribution in [0.15, 0.2) is 33.7 Å². The molecule has 3 heterocycles. The number of fused-ring (bicyclic) bond motifs is 2. The predicted molar refractivity (Wildman–Crippen MR) is 95.7 cm³/mol. The largest absolute Gasteiger partial charge is 0.496 e. The lowest BCUT2D eigenvalue weighted by atomic mass is 9.92. The van der Waals surface area contributed by atoms with Crippen LogP contribution in [0, 0.1) is 13.8 Å². The van der Waals surface area contributed by atoms with Gasteiger partial charge in [0.15, 0.2) is 0 Å². The molecule has 1 aromatic carbocycles.